The van der Waals surface area contributed by atoms with Gasteiger partial charge in [0, 0.05) is 18.0 Å². The maximum Gasteiger partial charge on any atom is 0.231 e. The zero-order chi connectivity index (χ0) is 13.4. The van der Waals surface area contributed by atoms with Crippen molar-refractivity contribution in [3.05, 3.63) is 11.7 Å². The zero-order valence-electron chi connectivity index (χ0n) is 12.2. The van der Waals surface area contributed by atoms with E-state index in [1.807, 2.05) is 0 Å². The molecule has 0 amide bonds. The molecule has 3 atom stereocenters. The number of aromatic nitrogens is 2. The molecule has 0 spiro atoms. The van der Waals surface area contributed by atoms with Crippen molar-refractivity contribution in [2.24, 2.45) is 0 Å². The van der Waals surface area contributed by atoms with Gasteiger partial charge in [-0.3, -0.25) is 0 Å². The summed E-state index contributed by atoms with van der Waals surface area (Å²) in [5, 5.41) is 7.98. The van der Waals surface area contributed by atoms with Gasteiger partial charge in [0.2, 0.25) is 5.89 Å². The number of rotatable bonds is 2. The predicted octanol–water partition coefficient (Wildman–Crippen LogP) is 3.51. The van der Waals surface area contributed by atoms with Crippen LogP contribution in [0.3, 0.4) is 0 Å². The van der Waals surface area contributed by atoms with Gasteiger partial charge in [0.1, 0.15) is 0 Å². The Balaban J connectivity index is 1.47. The number of hydrogen-bond donors (Lipinski definition) is 1. The van der Waals surface area contributed by atoms with Crippen molar-refractivity contribution >= 4 is 0 Å². The molecule has 4 nitrogen and oxygen atoms in total. The molecule has 2 saturated heterocycles. The third-order valence-electron chi connectivity index (χ3n) is 5.55. The maximum atomic E-state index is 5.63. The lowest BCUT2D eigenvalue weighted by molar-refractivity contribution is 0.323. The van der Waals surface area contributed by atoms with Gasteiger partial charge in [0.15, 0.2) is 5.82 Å². The van der Waals surface area contributed by atoms with Crippen LogP contribution in [0.1, 0.15) is 87.8 Å². The fourth-order valence-corrected chi connectivity index (χ4v) is 4.38. The van der Waals surface area contributed by atoms with Crippen molar-refractivity contribution in [3.63, 3.8) is 0 Å². The molecule has 1 aromatic heterocycles. The SMILES string of the molecule is C1CCCC(c2noc(C3CC4CCC3N4)n2)CCC1. The normalized spacial score (nSPS) is 35.1. The molecular weight excluding hydrogens is 250 g/mol. The highest BCUT2D eigenvalue weighted by molar-refractivity contribution is 5.11. The second-order valence-corrected chi connectivity index (χ2v) is 6.92. The summed E-state index contributed by atoms with van der Waals surface area (Å²) in [6.45, 7) is 0. The molecule has 1 saturated carbocycles. The van der Waals surface area contributed by atoms with Gasteiger partial charge >= 0.3 is 0 Å². The molecule has 20 heavy (non-hydrogen) atoms. The van der Waals surface area contributed by atoms with Gasteiger partial charge < -0.3 is 9.84 Å². The van der Waals surface area contributed by atoms with Crippen LogP contribution < -0.4 is 5.32 Å². The van der Waals surface area contributed by atoms with Crippen molar-refractivity contribution in [1.29, 1.82) is 0 Å². The Hall–Kier alpha value is -0.900. The second-order valence-electron chi connectivity index (χ2n) is 6.92. The lowest BCUT2D eigenvalue weighted by atomic mass is 9.89. The molecule has 3 fully saturated rings. The van der Waals surface area contributed by atoms with Crippen LogP contribution in [0.15, 0.2) is 4.52 Å². The first-order valence-electron chi connectivity index (χ1n) is 8.50. The molecule has 1 aliphatic carbocycles. The van der Waals surface area contributed by atoms with Crippen molar-refractivity contribution < 1.29 is 4.52 Å². The molecule has 3 heterocycles. The third-order valence-corrected chi connectivity index (χ3v) is 5.55. The van der Waals surface area contributed by atoms with Crippen molar-refractivity contribution in [2.75, 3.05) is 0 Å². The maximum absolute atomic E-state index is 5.63. The van der Waals surface area contributed by atoms with Gasteiger partial charge in [0.25, 0.3) is 0 Å². The summed E-state index contributed by atoms with van der Waals surface area (Å²) in [7, 11) is 0. The van der Waals surface area contributed by atoms with E-state index in [0.717, 1.165) is 11.7 Å². The van der Waals surface area contributed by atoms with E-state index in [4.69, 9.17) is 9.51 Å². The summed E-state index contributed by atoms with van der Waals surface area (Å²) in [4.78, 5) is 4.79. The summed E-state index contributed by atoms with van der Waals surface area (Å²) in [5.41, 5.74) is 0. The van der Waals surface area contributed by atoms with Crippen LogP contribution in [-0.4, -0.2) is 22.2 Å². The van der Waals surface area contributed by atoms with E-state index in [0.29, 0.717) is 23.9 Å². The van der Waals surface area contributed by atoms with Crippen molar-refractivity contribution in [2.45, 2.75) is 88.1 Å². The molecular formula is C16H25N3O. The Morgan fingerprint density at radius 1 is 0.950 bits per heavy atom. The molecule has 110 valence electrons. The lowest BCUT2D eigenvalue weighted by Crippen LogP contribution is -2.21. The fraction of sp³-hybridized carbons (Fsp3) is 0.875. The minimum atomic E-state index is 0.476. The molecule has 3 unspecified atom stereocenters. The van der Waals surface area contributed by atoms with E-state index >= 15 is 0 Å². The molecule has 2 aliphatic heterocycles. The van der Waals surface area contributed by atoms with Crippen molar-refractivity contribution in [1.82, 2.24) is 15.5 Å². The van der Waals surface area contributed by atoms with Gasteiger partial charge in [-0.25, -0.2) is 0 Å². The molecule has 0 aromatic carbocycles. The molecule has 0 radical (unpaired) electrons. The highest BCUT2D eigenvalue weighted by atomic mass is 16.5. The number of fused-ring (bicyclic) bond motifs is 2. The Kier molecular flexibility index (Phi) is 3.51. The first kappa shape index (κ1) is 12.8. The van der Waals surface area contributed by atoms with E-state index in [-0.39, 0.29) is 0 Å². The summed E-state index contributed by atoms with van der Waals surface area (Å²) >= 11 is 0. The van der Waals surface area contributed by atoms with E-state index in [9.17, 15) is 0 Å². The average Bonchev–Trinajstić information content (AvgIpc) is 3.14. The molecule has 2 bridgehead atoms. The molecule has 4 heteroatoms. The van der Waals surface area contributed by atoms with Gasteiger partial charge in [0.05, 0.1) is 5.92 Å². The first-order valence-corrected chi connectivity index (χ1v) is 8.50. The van der Waals surface area contributed by atoms with Gasteiger partial charge in [-0.15, -0.1) is 0 Å². The van der Waals surface area contributed by atoms with Crippen LogP contribution in [0.25, 0.3) is 0 Å². The quantitative estimate of drug-likeness (QED) is 0.897. The lowest BCUT2D eigenvalue weighted by Gasteiger charge is -2.16. The number of hydrogen-bond acceptors (Lipinski definition) is 4. The Morgan fingerprint density at radius 3 is 2.45 bits per heavy atom. The van der Waals surface area contributed by atoms with Crippen LogP contribution in [0.2, 0.25) is 0 Å². The van der Waals surface area contributed by atoms with Gasteiger partial charge in [-0.1, -0.05) is 37.3 Å². The highest BCUT2D eigenvalue weighted by Crippen LogP contribution is 2.40. The molecule has 3 aliphatic rings. The monoisotopic (exact) mass is 275 g/mol. The molecule has 4 rings (SSSR count). The smallest absolute Gasteiger partial charge is 0.231 e. The topological polar surface area (TPSA) is 51.0 Å². The summed E-state index contributed by atoms with van der Waals surface area (Å²) < 4.78 is 5.63. The summed E-state index contributed by atoms with van der Waals surface area (Å²) in [5.74, 6) is 2.91. The van der Waals surface area contributed by atoms with Crippen LogP contribution in [-0.2, 0) is 0 Å². The minimum absolute atomic E-state index is 0.476. The van der Waals surface area contributed by atoms with E-state index in [2.05, 4.69) is 10.5 Å². The first-order chi connectivity index (χ1) is 9.90. The number of nitrogens with zero attached hydrogens (tertiary/aromatic N) is 2. The zero-order valence-corrected chi connectivity index (χ0v) is 12.2. The Bertz CT molecular complexity index is 450. The van der Waals surface area contributed by atoms with E-state index in [1.54, 1.807) is 0 Å². The average molecular weight is 275 g/mol. The van der Waals surface area contributed by atoms with E-state index in [1.165, 1.54) is 64.2 Å². The fourth-order valence-electron chi connectivity index (χ4n) is 4.38. The largest absolute Gasteiger partial charge is 0.339 e. The molecule has 1 N–H and O–H groups in total. The predicted molar refractivity (Wildman–Crippen MR) is 76.7 cm³/mol. The standard InChI is InChI=1S/C16H25N3O/c1-2-4-6-11(7-5-3-1)15-18-16(20-19-15)13-10-12-8-9-14(13)17-12/h11-14,17H,1-10H2. The third kappa shape index (κ3) is 2.39. The van der Waals surface area contributed by atoms with Crippen LogP contribution in [0, 0.1) is 0 Å². The van der Waals surface area contributed by atoms with E-state index < -0.39 is 0 Å². The minimum Gasteiger partial charge on any atom is -0.339 e. The highest BCUT2D eigenvalue weighted by Gasteiger charge is 2.42. The summed E-state index contributed by atoms with van der Waals surface area (Å²) in [6.07, 6.45) is 13.1. The molecule has 1 aromatic rings. The van der Waals surface area contributed by atoms with Gasteiger partial charge in [-0.2, -0.15) is 4.98 Å². The second kappa shape index (κ2) is 5.47. The van der Waals surface area contributed by atoms with Crippen LogP contribution in [0.4, 0.5) is 0 Å². The number of nitrogens with one attached hydrogen (secondary N) is 1. The van der Waals surface area contributed by atoms with Gasteiger partial charge in [-0.05, 0) is 32.1 Å². The summed E-state index contributed by atoms with van der Waals surface area (Å²) in [6, 6.07) is 1.28. The Labute approximate surface area is 120 Å². The van der Waals surface area contributed by atoms with Crippen LogP contribution in [0.5, 0.6) is 0 Å². The Morgan fingerprint density at radius 2 is 1.75 bits per heavy atom. The van der Waals surface area contributed by atoms with Crippen LogP contribution >= 0.6 is 0 Å². The van der Waals surface area contributed by atoms with Crippen molar-refractivity contribution in [3.8, 4) is 0 Å².